The summed E-state index contributed by atoms with van der Waals surface area (Å²) in [5.74, 6) is -0.406. The summed E-state index contributed by atoms with van der Waals surface area (Å²) in [7, 11) is 0. The zero-order valence-corrected chi connectivity index (χ0v) is 11.6. The highest BCUT2D eigenvalue weighted by Crippen LogP contribution is 2.27. The number of likely N-dealkylation sites (tertiary alicyclic amines) is 1. The Kier molecular flexibility index (Phi) is 5.23. The minimum absolute atomic E-state index is 0.179. The average molecular weight is 267 g/mol. The van der Waals surface area contributed by atoms with Crippen molar-refractivity contribution in [2.75, 3.05) is 13.1 Å². The maximum Gasteiger partial charge on any atom is 0.308 e. The predicted octanol–water partition coefficient (Wildman–Crippen LogP) is 2.67. The number of hydrogen-bond acceptors (Lipinski definition) is 2. The Balaban J connectivity index is 1.83. The number of carboxylic acid groups (broad SMARTS) is 1. The van der Waals surface area contributed by atoms with Crippen molar-refractivity contribution in [2.24, 2.45) is 11.8 Å². The summed E-state index contributed by atoms with van der Waals surface area (Å²) in [5.41, 5.74) is 0. The predicted molar refractivity (Wildman–Crippen MR) is 72.7 cm³/mol. The van der Waals surface area contributed by atoms with Crippen LogP contribution in [0.3, 0.4) is 0 Å². The van der Waals surface area contributed by atoms with Crippen LogP contribution >= 0.6 is 0 Å². The van der Waals surface area contributed by atoms with Crippen molar-refractivity contribution in [3.8, 4) is 0 Å². The van der Waals surface area contributed by atoms with E-state index in [1.807, 2.05) is 0 Å². The molecule has 0 radical (unpaired) electrons. The van der Waals surface area contributed by atoms with Gasteiger partial charge in [-0.05, 0) is 31.6 Å². The summed E-state index contributed by atoms with van der Waals surface area (Å²) in [6.07, 6.45) is 9.60. The molecule has 1 heterocycles. The molecule has 1 atom stereocenters. The number of hydrogen-bond donors (Lipinski definition) is 1. The van der Waals surface area contributed by atoms with Crippen molar-refractivity contribution in [3.63, 3.8) is 0 Å². The lowest BCUT2D eigenvalue weighted by Gasteiger charge is -2.31. The summed E-state index contributed by atoms with van der Waals surface area (Å²) in [6, 6.07) is 0. The number of amides is 1. The fraction of sp³-hybridized carbons (Fsp3) is 0.867. The van der Waals surface area contributed by atoms with E-state index in [1.54, 1.807) is 4.90 Å². The Morgan fingerprint density at radius 3 is 2.32 bits per heavy atom. The maximum absolute atomic E-state index is 12.3. The lowest BCUT2D eigenvalue weighted by Crippen LogP contribution is -2.42. The lowest BCUT2D eigenvalue weighted by atomic mass is 9.94. The van der Waals surface area contributed by atoms with Gasteiger partial charge in [-0.3, -0.25) is 9.59 Å². The topological polar surface area (TPSA) is 57.6 Å². The summed E-state index contributed by atoms with van der Waals surface area (Å²) in [6.45, 7) is 1.16. The second kappa shape index (κ2) is 6.92. The van der Waals surface area contributed by atoms with Crippen molar-refractivity contribution < 1.29 is 14.7 Å². The summed E-state index contributed by atoms with van der Waals surface area (Å²) >= 11 is 0. The Hall–Kier alpha value is -1.06. The molecule has 0 spiro atoms. The first kappa shape index (κ1) is 14.4. The third-order valence-electron chi connectivity index (χ3n) is 4.56. The van der Waals surface area contributed by atoms with Gasteiger partial charge in [-0.2, -0.15) is 0 Å². The lowest BCUT2D eigenvalue weighted by molar-refractivity contribution is -0.145. The fourth-order valence-corrected chi connectivity index (χ4v) is 3.35. The highest BCUT2D eigenvalue weighted by molar-refractivity contribution is 5.78. The first-order valence-electron chi connectivity index (χ1n) is 7.67. The Morgan fingerprint density at radius 1 is 1.00 bits per heavy atom. The minimum Gasteiger partial charge on any atom is -0.481 e. The Morgan fingerprint density at radius 2 is 1.68 bits per heavy atom. The molecule has 2 aliphatic rings. The zero-order chi connectivity index (χ0) is 13.7. The largest absolute Gasteiger partial charge is 0.481 e. The molecule has 1 aliphatic carbocycles. The monoisotopic (exact) mass is 267 g/mol. The molecule has 1 amide bonds. The number of piperidine rings is 1. The molecule has 108 valence electrons. The van der Waals surface area contributed by atoms with E-state index in [4.69, 9.17) is 5.11 Å². The molecule has 2 rings (SSSR count). The molecule has 0 aromatic rings. The molecule has 4 nitrogen and oxygen atoms in total. The van der Waals surface area contributed by atoms with Crippen LogP contribution in [0.4, 0.5) is 0 Å². The third kappa shape index (κ3) is 4.22. The van der Waals surface area contributed by atoms with Gasteiger partial charge in [0.2, 0.25) is 5.91 Å². The van der Waals surface area contributed by atoms with Crippen molar-refractivity contribution >= 4 is 11.9 Å². The van der Waals surface area contributed by atoms with Gasteiger partial charge in [-0.25, -0.2) is 0 Å². The SMILES string of the molecule is O=C(O)[C@@H]1CCCN(C(=O)CC2CCCCCC2)C1. The number of carboxylic acids is 1. The third-order valence-corrected chi connectivity index (χ3v) is 4.56. The zero-order valence-electron chi connectivity index (χ0n) is 11.6. The second-order valence-corrected chi connectivity index (χ2v) is 6.08. The molecule has 19 heavy (non-hydrogen) atoms. The van der Waals surface area contributed by atoms with Gasteiger partial charge in [0.05, 0.1) is 5.92 Å². The quantitative estimate of drug-likeness (QED) is 0.800. The van der Waals surface area contributed by atoms with E-state index >= 15 is 0 Å². The first-order valence-corrected chi connectivity index (χ1v) is 7.67. The minimum atomic E-state index is -0.757. The van der Waals surface area contributed by atoms with Crippen molar-refractivity contribution in [1.82, 2.24) is 4.90 Å². The van der Waals surface area contributed by atoms with Gasteiger partial charge in [0.1, 0.15) is 0 Å². The molecule has 1 N–H and O–H groups in total. The van der Waals surface area contributed by atoms with Gasteiger partial charge in [-0.15, -0.1) is 0 Å². The fourth-order valence-electron chi connectivity index (χ4n) is 3.35. The van der Waals surface area contributed by atoms with E-state index in [0.29, 0.717) is 25.3 Å². The van der Waals surface area contributed by atoms with Gasteiger partial charge < -0.3 is 10.0 Å². The van der Waals surface area contributed by atoms with E-state index in [9.17, 15) is 9.59 Å². The van der Waals surface area contributed by atoms with E-state index in [1.165, 1.54) is 38.5 Å². The van der Waals surface area contributed by atoms with Crippen molar-refractivity contribution in [1.29, 1.82) is 0 Å². The van der Waals surface area contributed by atoms with Crippen LogP contribution < -0.4 is 0 Å². The molecule has 1 aliphatic heterocycles. The van der Waals surface area contributed by atoms with Gasteiger partial charge in [0.25, 0.3) is 0 Å². The molecule has 0 bridgehead atoms. The van der Waals surface area contributed by atoms with Crippen LogP contribution in [0.5, 0.6) is 0 Å². The molecule has 1 saturated heterocycles. The number of nitrogens with zero attached hydrogens (tertiary/aromatic N) is 1. The molecule has 0 aromatic heterocycles. The van der Waals surface area contributed by atoms with E-state index < -0.39 is 5.97 Å². The van der Waals surface area contributed by atoms with E-state index in [2.05, 4.69) is 0 Å². The summed E-state index contributed by atoms with van der Waals surface area (Å²) in [5, 5.41) is 9.06. The van der Waals surface area contributed by atoms with Gasteiger partial charge in [-0.1, -0.05) is 25.7 Å². The number of aliphatic carboxylic acids is 1. The smallest absolute Gasteiger partial charge is 0.308 e. The van der Waals surface area contributed by atoms with Crippen molar-refractivity contribution in [2.45, 2.75) is 57.8 Å². The number of carbonyl (C=O) groups is 2. The molecule has 1 saturated carbocycles. The highest BCUT2D eigenvalue weighted by atomic mass is 16.4. The number of rotatable bonds is 3. The standard InChI is InChI=1S/C15H25NO3/c17-14(10-12-6-3-1-2-4-7-12)16-9-5-8-13(11-16)15(18)19/h12-13H,1-11H2,(H,18,19)/t13-/m1/s1. The summed E-state index contributed by atoms with van der Waals surface area (Å²) < 4.78 is 0. The highest BCUT2D eigenvalue weighted by Gasteiger charge is 2.29. The Bertz CT molecular complexity index is 321. The molecular formula is C15H25NO3. The van der Waals surface area contributed by atoms with Crippen LogP contribution in [0.1, 0.15) is 57.8 Å². The second-order valence-electron chi connectivity index (χ2n) is 6.08. The summed E-state index contributed by atoms with van der Waals surface area (Å²) in [4.78, 5) is 25.1. The molecular weight excluding hydrogens is 242 g/mol. The van der Waals surface area contributed by atoms with Crippen LogP contribution in [0.2, 0.25) is 0 Å². The maximum atomic E-state index is 12.3. The van der Waals surface area contributed by atoms with E-state index in [0.717, 1.165) is 13.0 Å². The van der Waals surface area contributed by atoms with Gasteiger partial charge in [0.15, 0.2) is 0 Å². The first-order chi connectivity index (χ1) is 9.16. The van der Waals surface area contributed by atoms with Crippen LogP contribution in [0.15, 0.2) is 0 Å². The van der Waals surface area contributed by atoms with Crippen LogP contribution in [0, 0.1) is 11.8 Å². The van der Waals surface area contributed by atoms with Crippen LogP contribution in [0.25, 0.3) is 0 Å². The molecule has 0 aromatic carbocycles. The average Bonchev–Trinajstić information content (AvgIpc) is 2.67. The molecule has 2 fully saturated rings. The van der Waals surface area contributed by atoms with Gasteiger partial charge >= 0.3 is 5.97 Å². The van der Waals surface area contributed by atoms with E-state index in [-0.39, 0.29) is 11.8 Å². The molecule has 0 unspecified atom stereocenters. The molecule has 4 heteroatoms. The number of carbonyl (C=O) groups excluding carboxylic acids is 1. The normalized spacial score (nSPS) is 25.9. The van der Waals surface area contributed by atoms with Gasteiger partial charge in [0, 0.05) is 19.5 Å². The van der Waals surface area contributed by atoms with Crippen LogP contribution in [-0.4, -0.2) is 35.0 Å². The van der Waals surface area contributed by atoms with Crippen molar-refractivity contribution in [3.05, 3.63) is 0 Å². The Labute approximate surface area is 115 Å². The van der Waals surface area contributed by atoms with Crippen LogP contribution in [-0.2, 0) is 9.59 Å².